The zero-order chi connectivity index (χ0) is 32.8. The van der Waals surface area contributed by atoms with Gasteiger partial charge in [-0.1, -0.05) is 35.9 Å². The number of methoxy groups -OCH3 is 2. The SMILES string of the molecule is COc1ccc(CNS(=O)(=O)c2cc(NC(=O)Cc3ccccc3Cl)ccc2-n2cc(NC(=O)CC(C)(F)F)cn2)c(OC)c1. The van der Waals surface area contributed by atoms with E-state index in [1.807, 2.05) is 0 Å². The molecule has 11 nitrogen and oxygen atoms in total. The molecule has 0 spiro atoms. The van der Waals surface area contributed by atoms with Crippen molar-refractivity contribution in [3.05, 3.63) is 89.2 Å². The Hall–Kier alpha value is -4.53. The molecule has 0 aliphatic heterocycles. The number of nitrogens with one attached hydrogen (secondary N) is 3. The minimum Gasteiger partial charge on any atom is -0.497 e. The Morgan fingerprint density at radius 2 is 1.69 bits per heavy atom. The number of benzene rings is 3. The van der Waals surface area contributed by atoms with Crippen LogP contribution in [0.15, 0.2) is 78.0 Å². The van der Waals surface area contributed by atoms with Crippen LogP contribution in [-0.4, -0.2) is 50.2 Å². The zero-order valence-corrected chi connectivity index (χ0v) is 26.0. The largest absolute Gasteiger partial charge is 0.497 e. The fourth-order valence-corrected chi connectivity index (χ4v) is 5.69. The van der Waals surface area contributed by atoms with Crippen LogP contribution in [0.3, 0.4) is 0 Å². The van der Waals surface area contributed by atoms with Gasteiger partial charge in [-0.3, -0.25) is 9.59 Å². The van der Waals surface area contributed by atoms with Crippen LogP contribution in [0.5, 0.6) is 11.5 Å². The molecule has 4 rings (SSSR count). The van der Waals surface area contributed by atoms with Gasteiger partial charge < -0.3 is 20.1 Å². The molecule has 45 heavy (non-hydrogen) atoms. The summed E-state index contributed by atoms with van der Waals surface area (Å²) in [7, 11) is -1.37. The van der Waals surface area contributed by atoms with Crippen molar-refractivity contribution in [1.82, 2.24) is 14.5 Å². The summed E-state index contributed by atoms with van der Waals surface area (Å²) in [5.74, 6) is -3.69. The number of carbonyl (C=O) groups is 2. The second-order valence-corrected chi connectivity index (χ2v) is 12.1. The topological polar surface area (TPSA) is 141 Å². The average molecular weight is 662 g/mol. The van der Waals surface area contributed by atoms with Gasteiger partial charge in [0.1, 0.15) is 16.4 Å². The molecule has 0 aliphatic carbocycles. The lowest BCUT2D eigenvalue weighted by molar-refractivity contribution is -0.122. The Morgan fingerprint density at radius 1 is 0.956 bits per heavy atom. The summed E-state index contributed by atoms with van der Waals surface area (Å²) in [6.07, 6.45) is 1.37. The molecule has 0 fully saturated rings. The first-order chi connectivity index (χ1) is 21.3. The van der Waals surface area contributed by atoms with Gasteiger partial charge >= 0.3 is 0 Å². The molecular formula is C30H30ClF2N5O6S. The van der Waals surface area contributed by atoms with Crippen molar-refractivity contribution in [2.75, 3.05) is 24.9 Å². The van der Waals surface area contributed by atoms with Crippen LogP contribution >= 0.6 is 11.6 Å². The third-order valence-corrected chi connectivity index (χ3v) is 8.17. The molecule has 3 N–H and O–H groups in total. The highest BCUT2D eigenvalue weighted by molar-refractivity contribution is 7.89. The van der Waals surface area contributed by atoms with E-state index in [0.717, 1.165) is 4.68 Å². The molecule has 0 unspecified atom stereocenters. The highest BCUT2D eigenvalue weighted by Crippen LogP contribution is 2.28. The molecule has 0 saturated carbocycles. The number of rotatable bonds is 13. The van der Waals surface area contributed by atoms with Crippen LogP contribution in [0.25, 0.3) is 5.69 Å². The van der Waals surface area contributed by atoms with Crippen molar-refractivity contribution in [1.29, 1.82) is 0 Å². The number of nitrogens with zero attached hydrogens (tertiary/aromatic N) is 2. The standard InChI is InChI=1S/C30H30ClF2N5O6S/c1-30(32,33)15-29(40)37-22-17-34-38(18-22)25-11-9-21(36-28(39)12-19-6-4-5-7-24(19)31)13-27(25)45(41,42)35-16-20-8-10-23(43-2)14-26(20)44-3/h4-11,13-14,17-18,35H,12,15-16H2,1-3H3,(H,36,39)(H,37,40). The van der Waals surface area contributed by atoms with Crippen LogP contribution in [0.2, 0.25) is 5.02 Å². The lowest BCUT2D eigenvalue weighted by atomic mass is 10.1. The number of ether oxygens (including phenoxy) is 2. The van der Waals surface area contributed by atoms with Crippen molar-refractivity contribution in [3.8, 4) is 17.2 Å². The van der Waals surface area contributed by atoms with E-state index in [2.05, 4.69) is 20.5 Å². The summed E-state index contributed by atoms with van der Waals surface area (Å²) in [6, 6.07) is 15.9. The minimum absolute atomic E-state index is 0.0506. The Morgan fingerprint density at radius 3 is 2.38 bits per heavy atom. The first kappa shape index (κ1) is 33.4. The third-order valence-electron chi connectivity index (χ3n) is 6.37. The number of aromatic nitrogens is 2. The van der Waals surface area contributed by atoms with Crippen LogP contribution < -0.4 is 24.8 Å². The van der Waals surface area contributed by atoms with E-state index in [-0.39, 0.29) is 34.9 Å². The number of hydrogen-bond donors (Lipinski definition) is 3. The van der Waals surface area contributed by atoms with E-state index in [4.69, 9.17) is 21.1 Å². The maximum Gasteiger partial charge on any atom is 0.254 e. The number of amides is 2. The van der Waals surface area contributed by atoms with Gasteiger partial charge in [-0.2, -0.15) is 5.10 Å². The van der Waals surface area contributed by atoms with E-state index in [0.29, 0.717) is 34.6 Å². The maximum absolute atomic E-state index is 13.7. The molecule has 1 heterocycles. The predicted octanol–water partition coefficient (Wildman–Crippen LogP) is 5.19. The summed E-state index contributed by atoms with van der Waals surface area (Å²) in [6.45, 7) is 0.458. The van der Waals surface area contributed by atoms with E-state index < -0.39 is 34.2 Å². The number of hydrogen-bond acceptors (Lipinski definition) is 7. The number of carbonyl (C=O) groups excluding carboxylic acids is 2. The summed E-state index contributed by atoms with van der Waals surface area (Å²) >= 11 is 6.18. The first-order valence-electron chi connectivity index (χ1n) is 13.4. The van der Waals surface area contributed by atoms with Crippen molar-refractivity contribution >= 4 is 44.8 Å². The van der Waals surface area contributed by atoms with Crippen LogP contribution in [0.4, 0.5) is 20.2 Å². The molecular weight excluding hydrogens is 632 g/mol. The zero-order valence-electron chi connectivity index (χ0n) is 24.4. The fourth-order valence-electron chi connectivity index (χ4n) is 4.27. The predicted molar refractivity (Wildman–Crippen MR) is 165 cm³/mol. The minimum atomic E-state index is -4.30. The second-order valence-electron chi connectivity index (χ2n) is 9.97. The number of alkyl halides is 2. The van der Waals surface area contributed by atoms with Crippen molar-refractivity contribution in [2.24, 2.45) is 0 Å². The Bertz CT molecular complexity index is 1810. The van der Waals surface area contributed by atoms with Gasteiger partial charge in [-0.25, -0.2) is 26.6 Å². The molecule has 0 saturated heterocycles. The normalized spacial score (nSPS) is 11.6. The first-order valence-corrected chi connectivity index (χ1v) is 15.2. The summed E-state index contributed by atoms with van der Waals surface area (Å²) in [5.41, 5.74) is 1.40. The Balaban J connectivity index is 1.65. The highest BCUT2D eigenvalue weighted by atomic mass is 35.5. The van der Waals surface area contributed by atoms with Gasteiger partial charge in [0.2, 0.25) is 21.8 Å². The summed E-state index contributed by atoms with van der Waals surface area (Å²) < 4.78 is 68.3. The average Bonchev–Trinajstić information content (AvgIpc) is 3.44. The van der Waals surface area contributed by atoms with Gasteiger partial charge in [0.15, 0.2) is 0 Å². The quantitative estimate of drug-likeness (QED) is 0.179. The lowest BCUT2D eigenvalue weighted by Gasteiger charge is -2.15. The van der Waals surface area contributed by atoms with Gasteiger partial charge in [0.25, 0.3) is 5.92 Å². The molecule has 0 radical (unpaired) electrons. The van der Waals surface area contributed by atoms with Crippen molar-refractivity contribution < 1.29 is 36.3 Å². The summed E-state index contributed by atoms with van der Waals surface area (Å²) in [4.78, 5) is 24.6. The monoisotopic (exact) mass is 661 g/mol. The van der Waals surface area contributed by atoms with Gasteiger partial charge in [0, 0.05) is 28.9 Å². The second kappa shape index (κ2) is 14.1. The summed E-state index contributed by atoms with van der Waals surface area (Å²) in [5, 5.41) is 9.53. The molecule has 0 bridgehead atoms. The molecule has 1 aromatic heterocycles. The van der Waals surface area contributed by atoms with Crippen molar-refractivity contribution in [2.45, 2.75) is 37.1 Å². The van der Waals surface area contributed by atoms with E-state index in [9.17, 15) is 26.8 Å². The van der Waals surface area contributed by atoms with Crippen LogP contribution in [0.1, 0.15) is 24.5 Å². The number of anilines is 2. The smallest absolute Gasteiger partial charge is 0.254 e. The Kier molecular flexibility index (Phi) is 10.4. The lowest BCUT2D eigenvalue weighted by Crippen LogP contribution is -2.25. The maximum atomic E-state index is 13.7. The van der Waals surface area contributed by atoms with Gasteiger partial charge in [-0.05, 0) is 42.8 Å². The van der Waals surface area contributed by atoms with Crippen LogP contribution in [-0.2, 0) is 32.6 Å². The number of sulfonamides is 1. The van der Waals surface area contributed by atoms with E-state index in [1.165, 1.54) is 44.8 Å². The third kappa shape index (κ3) is 9.00. The highest BCUT2D eigenvalue weighted by Gasteiger charge is 2.26. The molecule has 15 heteroatoms. The molecule has 0 aliphatic rings. The van der Waals surface area contributed by atoms with E-state index in [1.54, 1.807) is 42.5 Å². The molecule has 3 aromatic carbocycles. The Labute approximate surface area is 263 Å². The number of halogens is 3. The molecule has 4 aromatic rings. The molecule has 2 amide bonds. The van der Waals surface area contributed by atoms with Gasteiger partial charge in [0.05, 0.1) is 50.8 Å². The van der Waals surface area contributed by atoms with Crippen LogP contribution in [0, 0.1) is 0 Å². The van der Waals surface area contributed by atoms with E-state index >= 15 is 0 Å². The molecule has 238 valence electrons. The fraction of sp³-hybridized carbons (Fsp3) is 0.233. The van der Waals surface area contributed by atoms with Gasteiger partial charge in [-0.15, -0.1) is 0 Å². The van der Waals surface area contributed by atoms with Crippen molar-refractivity contribution in [3.63, 3.8) is 0 Å². The molecule has 0 atom stereocenters.